The summed E-state index contributed by atoms with van der Waals surface area (Å²) in [5.41, 5.74) is 0.994. The molecule has 0 radical (unpaired) electrons. The van der Waals surface area contributed by atoms with Crippen LogP contribution in [0.3, 0.4) is 0 Å². The van der Waals surface area contributed by atoms with Crippen LogP contribution >= 0.6 is 0 Å². The number of nitrogens with one attached hydrogen (secondary N) is 1. The lowest BCUT2D eigenvalue weighted by atomic mass is 10.1. The molecule has 0 amide bonds. The van der Waals surface area contributed by atoms with Gasteiger partial charge < -0.3 is 33.9 Å². The number of rotatable bonds is 12. The predicted octanol–water partition coefficient (Wildman–Crippen LogP) is 2.74. The molecule has 0 aromatic heterocycles. The maximum absolute atomic E-state index is 5.98. The minimum atomic E-state index is 0.323. The van der Waals surface area contributed by atoms with Crippen molar-refractivity contribution in [3.05, 3.63) is 17.7 Å². The van der Waals surface area contributed by atoms with Gasteiger partial charge in [0.1, 0.15) is 17.2 Å². The molecule has 0 saturated carbocycles. The molecule has 0 unspecified atom stereocenters. The number of methoxy groups -OCH3 is 4. The Hall–Kier alpha value is -2.19. The van der Waals surface area contributed by atoms with Gasteiger partial charge >= 0.3 is 0 Å². The van der Waals surface area contributed by atoms with Crippen molar-refractivity contribution in [2.75, 3.05) is 67.8 Å². The second kappa shape index (κ2) is 14.0. The Labute approximate surface area is 186 Å². The Morgan fingerprint density at radius 2 is 1.71 bits per heavy atom. The van der Waals surface area contributed by atoms with Crippen molar-refractivity contribution in [1.29, 1.82) is 0 Å². The lowest BCUT2D eigenvalue weighted by molar-refractivity contribution is 0.00991. The SMILES string of the molecule is CCNC(=NCCc1c(OC)cc(OC)cc1OC)N1CCC(OCCCOC)CC1. The number of hydrogen-bond acceptors (Lipinski definition) is 6. The molecule has 8 nitrogen and oxygen atoms in total. The highest BCUT2D eigenvalue weighted by Gasteiger charge is 2.22. The van der Waals surface area contributed by atoms with Crippen molar-refractivity contribution >= 4 is 5.96 Å². The summed E-state index contributed by atoms with van der Waals surface area (Å²) in [6.07, 6.45) is 4.00. The first-order chi connectivity index (χ1) is 15.2. The highest BCUT2D eigenvalue weighted by molar-refractivity contribution is 5.80. The summed E-state index contributed by atoms with van der Waals surface area (Å²) in [4.78, 5) is 7.19. The number of nitrogens with zero attached hydrogens (tertiary/aromatic N) is 2. The van der Waals surface area contributed by atoms with Gasteiger partial charge in [-0.05, 0) is 32.6 Å². The smallest absolute Gasteiger partial charge is 0.193 e. The molecule has 1 saturated heterocycles. The van der Waals surface area contributed by atoms with Crippen LogP contribution in [0.4, 0.5) is 0 Å². The molecule has 31 heavy (non-hydrogen) atoms. The third-order valence-electron chi connectivity index (χ3n) is 5.36. The molecular formula is C23H39N3O5. The Kier molecular flexibility index (Phi) is 11.3. The van der Waals surface area contributed by atoms with Crippen molar-refractivity contribution in [3.8, 4) is 17.2 Å². The Bertz CT molecular complexity index is 650. The molecule has 1 aliphatic heterocycles. The highest BCUT2D eigenvalue weighted by atomic mass is 16.5. The molecule has 1 aliphatic rings. The summed E-state index contributed by atoms with van der Waals surface area (Å²) < 4.78 is 27.5. The minimum Gasteiger partial charge on any atom is -0.496 e. The first kappa shape index (κ1) is 25.1. The van der Waals surface area contributed by atoms with Crippen LogP contribution in [0.2, 0.25) is 0 Å². The zero-order valence-electron chi connectivity index (χ0n) is 19.7. The number of guanidine groups is 1. The van der Waals surface area contributed by atoms with Gasteiger partial charge in [0.2, 0.25) is 0 Å². The number of aliphatic imine (C=N–C) groups is 1. The van der Waals surface area contributed by atoms with Gasteiger partial charge in [0.15, 0.2) is 5.96 Å². The van der Waals surface area contributed by atoms with Crippen molar-refractivity contribution in [1.82, 2.24) is 10.2 Å². The molecule has 1 heterocycles. The van der Waals surface area contributed by atoms with E-state index >= 15 is 0 Å². The van der Waals surface area contributed by atoms with Crippen LogP contribution < -0.4 is 19.5 Å². The van der Waals surface area contributed by atoms with Crippen LogP contribution in [0, 0.1) is 0 Å². The number of likely N-dealkylation sites (tertiary alicyclic amines) is 1. The molecule has 176 valence electrons. The standard InChI is InChI=1S/C23H39N3O5/c1-6-24-23(26-12-9-18(10-13-26)31-15-7-14-27-2)25-11-8-20-21(29-4)16-19(28-3)17-22(20)30-5/h16-18H,6-15H2,1-5H3,(H,24,25). The van der Waals surface area contributed by atoms with Gasteiger partial charge in [-0.2, -0.15) is 0 Å². The van der Waals surface area contributed by atoms with Gasteiger partial charge in [-0.25, -0.2) is 0 Å². The van der Waals surface area contributed by atoms with E-state index in [1.807, 2.05) is 12.1 Å². The molecular weight excluding hydrogens is 398 g/mol. The normalized spacial score (nSPS) is 15.1. The van der Waals surface area contributed by atoms with E-state index in [4.69, 9.17) is 28.7 Å². The summed E-state index contributed by atoms with van der Waals surface area (Å²) in [5.74, 6) is 3.17. The van der Waals surface area contributed by atoms with E-state index in [0.717, 1.165) is 75.1 Å². The van der Waals surface area contributed by atoms with Crippen LogP contribution in [-0.4, -0.2) is 84.8 Å². The Morgan fingerprint density at radius 1 is 1.03 bits per heavy atom. The topological polar surface area (TPSA) is 73.8 Å². The first-order valence-electron chi connectivity index (χ1n) is 11.1. The average Bonchev–Trinajstić information content (AvgIpc) is 2.81. The average molecular weight is 438 g/mol. The van der Waals surface area contributed by atoms with E-state index in [-0.39, 0.29) is 0 Å². The van der Waals surface area contributed by atoms with Crippen LogP contribution in [0.1, 0.15) is 31.7 Å². The second-order valence-corrected chi connectivity index (χ2v) is 7.40. The van der Waals surface area contributed by atoms with Gasteiger partial charge in [-0.3, -0.25) is 4.99 Å². The van der Waals surface area contributed by atoms with Crippen molar-refractivity contribution < 1.29 is 23.7 Å². The third-order valence-corrected chi connectivity index (χ3v) is 5.36. The summed E-state index contributed by atoms with van der Waals surface area (Å²) in [6, 6.07) is 3.76. The first-order valence-corrected chi connectivity index (χ1v) is 11.1. The molecule has 0 atom stereocenters. The largest absolute Gasteiger partial charge is 0.496 e. The summed E-state index contributed by atoms with van der Waals surface area (Å²) >= 11 is 0. The third kappa shape index (κ3) is 7.78. The van der Waals surface area contributed by atoms with E-state index < -0.39 is 0 Å². The number of piperidine rings is 1. The van der Waals surface area contributed by atoms with Gasteiger partial charge in [-0.15, -0.1) is 0 Å². The molecule has 2 rings (SSSR count). The zero-order valence-corrected chi connectivity index (χ0v) is 19.7. The molecule has 8 heteroatoms. The van der Waals surface area contributed by atoms with E-state index in [1.165, 1.54) is 0 Å². The van der Waals surface area contributed by atoms with E-state index in [1.54, 1.807) is 28.4 Å². The van der Waals surface area contributed by atoms with E-state index in [2.05, 4.69) is 17.1 Å². The zero-order chi connectivity index (χ0) is 22.5. The maximum Gasteiger partial charge on any atom is 0.193 e. The predicted molar refractivity (Wildman–Crippen MR) is 123 cm³/mol. The van der Waals surface area contributed by atoms with Gasteiger partial charge in [0, 0.05) is 64.2 Å². The van der Waals surface area contributed by atoms with E-state index in [0.29, 0.717) is 24.8 Å². The Morgan fingerprint density at radius 3 is 2.26 bits per heavy atom. The molecule has 0 spiro atoms. The van der Waals surface area contributed by atoms with Crippen LogP contribution in [0.25, 0.3) is 0 Å². The fourth-order valence-electron chi connectivity index (χ4n) is 3.71. The Balaban J connectivity index is 1.95. The van der Waals surface area contributed by atoms with Crippen molar-refractivity contribution in [2.24, 2.45) is 4.99 Å². The highest BCUT2D eigenvalue weighted by Crippen LogP contribution is 2.34. The lowest BCUT2D eigenvalue weighted by Gasteiger charge is -2.34. The van der Waals surface area contributed by atoms with Crippen LogP contribution in [-0.2, 0) is 15.9 Å². The van der Waals surface area contributed by atoms with Crippen LogP contribution in [0.5, 0.6) is 17.2 Å². The lowest BCUT2D eigenvalue weighted by Crippen LogP contribution is -2.47. The maximum atomic E-state index is 5.98. The second-order valence-electron chi connectivity index (χ2n) is 7.40. The molecule has 1 fully saturated rings. The fourth-order valence-corrected chi connectivity index (χ4v) is 3.71. The van der Waals surface area contributed by atoms with Crippen LogP contribution in [0.15, 0.2) is 17.1 Å². The van der Waals surface area contributed by atoms with Crippen molar-refractivity contribution in [2.45, 2.75) is 38.7 Å². The molecule has 1 aromatic rings. The monoisotopic (exact) mass is 437 g/mol. The summed E-state index contributed by atoms with van der Waals surface area (Å²) in [5, 5.41) is 3.42. The molecule has 1 aromatic carbocycles. The van der Waals surface area contributed by atoms with E-state index in [9.17, 15) is 0 Å². The van der Waals surface area contributed by atoms with Gasteiger partial charge in [0.25, 0.3) is 0 Å². The number of hydrogen-bond donors (Lipinski definition) is 1. The minimum absolute atomic E-state index is 0.323. The molecule has 0 bridgehead atoms. The van der Waals surface area contributed by atoms with Gasteiger partial charge in [-0.1, -0.05) is 0 Å². The fraction of sp³-hybridized carbons (Fsp3) is 0.696. The number of ether oxygens (including phenoxy) is 5. The van der Waals surface area contributed by atoms with Gasteiger partial charge in [0.05, 0.1) is 27.4 Å². The van der Waals surface area contributed by atoms with Crippen molar-refractivity contribution in [3.63, 3.8) is 0 Å². The number of benzene rings is 1. The molecule has 1 N–H and O–H groups in total. The summed E-state index contributed by atoms with van der Waals surface area (Å²) in [7, 11) is 6.68. The quantitative estimate of drug-likeness (QED) is 0.306. The summed E-state index contributed by atoms with van der Waals surface area (Å²) in [6.45, 7) is 6.96. The molecule has 0 aliphatic carbocycles.